The smallest absolute Gasteiger partial charge is 0.251 e. The lowest BCUT2D eigenvalue weighted by atomic mass is 9.85. The number of benzene rings is 2. The molecule has 160 valence electrons. The maximum Gasteiger partial charge on any atom is 0.251 e. The van der Waals surface area contributed by atoms with Crippen LogP contribution in [0.25, 0.3) is 0 Å². The Kier molecular flexibility index (Phi) is 7.05. The van der Waals surface area contributed by atoms with E-state index in [2.05, 4.69) is 10.6 Å². The molecule has 2 aromatic rings. The Morgan fingerprint density at radius 3 is 2.53 bits per heavy atom. The van der Waals surface area contributed by atoms with E-state index in [-0.39, 0.29) is 36.2 Å². The van der Waals surface area contributed by atoms with E-state index < -0.39 is 11.6 Å². The van der Waals surface area contributed by atoms with Gasteiger partial charge in [0.1, 0.15) is 0 Å². The minimum Gasteiger partial charge on any atom is -0.347 e. The molecule has 8 heteroatoms. The average molecular weight is 436 g/mol. The predicted molar refractivity (Wildman–Crippen MR) is 113 cm³/mol. The molecule has 2 amide bonds. The van der Waals surface area contributed by atoms with Gasteiger partial charge in [0, 0.05) is 42.7 Å². The van der Waals surface area contributed by atoms with Crippen LogP contribution in [-0.2, 0) is 4.79 Å². The van der Waals surface area contributed by atoms with Crippen molar-refractivity contribution in [3.05, 3.63) is 65.2 Å². The third-order valence-corrected chi connectivity index (χ3v) is 5.68. The fourth-order valence-corrected chi connectivity index (χ4v) is 4.12. The molecule has 0 aliphatic carbocycles. The van der Waals surface area contributed by atoms with Crippen molar-refractivity contribution in [3.63, 3.8) is 0 Å². The summed E-state index contributed by atoms with van der Waals surface area (Å²) >= 11 is 0. The number of carbonyl (C=O) groups excluding carboxylic acids is 2. The minimum atomic E-state index is -0.877. The van der Waals surface area contributed by atoms with Crippen LogP contribution in [0, 0.1) is 11.6 Å². The van der Waals surface area contributed by atoms with Crippen molar-refractivity contribution >= 4 is 29.9 Å². The van der Waals surface area contributed by atoms with E-state index in [1.807, 2.05) is 0 Å². The van der Waals surface area contributed by atoms with E-state index in [9.17, 15) is 18.4 Å². The lowest BCUT2D eigenvalue weighted by Crippen LogP contribution is -2.50. The molecule has 2 heterocycles. The van der Waals surface area contributed by atoms with Crippen molar-refractivity contribution in [2.75, 3.05) is 24.5 Å². The van der Waals surface area contributed by atoms with Gasteiger partial charge in [-0.15, -0.1) is 12.4 Å². The van der Waals surface area contributed by atoms with Crippen LogP contribution >= 0.6 is 12.4 Å². The summed E-state index contributed by atoms with van der Waals surface area (Å²) in [5.74, 6) is -1.98. The van der Waals surface area contributed by atoms with Crippen LogP contribution in [0.15, 0.2) is 42.5 Å². The zero-order valence-electron chi connectivity index (χ0n) is 16.4. The maximum absolute atomic E-state index is 13.7. The highest BCUT2D eigenvalue weighted by Crippen LogP contribution is 2.27. The summed E-state index contributed by atoms with van der Waals surface area (Å²) in [4.78, 5) is 26.3. The van der Waals surface area contributed by atoms with Crippen LogP contribution in [0.5, 0.6) is 0 Å². The number of anilines is 1. The van der Waals surface area contributed by atoms with Crippen LogP contribution < -0.4 is 15.5 Å². The quantitative estimate of drug-likeness (QED) is 0.774. The highest BCUT2D eigenvalue weighted by molar-refractivity contribution is 5.97. The summed E-state index contributed by atoms with van der Waals surface area (Å²) < 4.78 is 27.0. The largest absolute Gasteiger partial charge is 0.347 e. The first-order chi connectivity index (χ1) is 14.0. The van der Waals surface area contributed by atoms with Crippen LogP contribution in [0.3, 0.4) is 0 Å². The van der Waals surface area contributed by atoms with Crippen molar-refractivity contribution in [1.82, 2.24) is 10.6 Å². The molecule has 2 aliphatic heterocycles. The number of hydrogen-bond donors (Lipinski definition) is 2. The normalized spacial score (nSPS) is 21.3. The van der Waals surface area contributed by atoms with Gasteiger partial charge in [0.15, 0.2) is 11.6 Å². The van der Waals surface area contributed by atoms with Crippen LogP contribution in [0.1, 0.15) is 41.1 Å². The van der Waals surface area contributed by atoms with Gasteiger partial charge in [-0.3, -0.25) is 9.59 Å². The molecule has 0 aromatic heterocycles. The molecule has 0 saturated carbocycles. The van der Waals surface area contributed by atoms with E-state index in [4.69, 9.17) is 0 Å². The average Bonchev–Trinajstić information content (AvgIpc) is 3.16. The summed E-state index contributed by atoms with van der Waals surface area (Å²) in [5, 5.41) is 6.26. The maximum atomic E-state index is 13.7. The van der Waals surface area contributed by atoms with Gasteiger partial charge >= 0.3 is 0 Å². The highest BCUT2D eigenvalue weighted by atomic mass is 35.5. The number of hydrogen-bond acceptors (Lipinski definition) is 3. The second-order valence-corrected chi connectivity index (χ2v) is 7.55. The summed E-state index contributed by atoms with van der Waals surface area (Å²) in [6.07, 6.45) is 2.12. The van der Waals surface area contributed by atoms with Gasteiger partial charge < -0.3 is 15.5 Å². The standard InChI is InChI=1S/C22H23F2N3O2.ClH/c23-18-8-5-15(12-19(18)24)17-9-10-25-13-20(17)26-22(29)14-3-6-16(7-4-14)27-11-1-2-21(27)28;/h3-8,12,17,20,25H,1-2,9-11,13H2,(H,26,29);1H. The molecule has 2 unspecified atom stereocenters. The molecular weight excluding hydrogens is 412 g/mol. The second-order valence-electron chi connectivity index (χ2n) is 7.55. The molecule has 2 saturated heterocycles. The van der Waals surface area contributed by atoms with Crippen molar-refractivity contribution < 1.29 is 18.4 Å². The van der Waals surface area contributed by atoms with E-state index in [1.54, 1.807) is 35.2 Å². The monoisotopic (exact) mass is 435 g/mol. The molecule has 2 aliphatic rings. The van der Waals surface area contributed by atoms with Gasteiger partial charge in [0.2, 0.25) is 5.91 Å². The highest BCUT2D eigenvalue weighted by Gasteiger charge is 2.29. The fraction of sp³-hybridized carbons (Fsp3) is 0.364. The molecule has 2 N–H and O–H groups in total. The van der Waals surface area contributed by atoms with Gasteiger partial charge in [-0.25, -0.2) is 8.78 Å². The van der Waals surface area contributed by atoms with Gasteiger partial charge in [-0.2, -0.15) is 0 Å². The summed E-state index contributed by atoms with van der Waals surface area (Å²) in [5.41, 5.74) is 1.97. The number of piperidine rings is 1. The third kappa shape index (κ3) is 4.63. The Morgan fingerprint density at radius 2 is 1.87 bits per heavy atom. The lowest BCUT2D eigenvalue weighted by Gasteiger charge is -2.33. The number of rotatable bonds is 4. The van der Waals surface area contributed by atoms with Crippen LogP contribution in [0.2, 0.25) is 0 Å². The zero-order chi connectivity index (χ0) is 20.4. The van der Waals surface area contributed by atoms with Crippen molar-refractivity contribution in [1.29, 1.82) is 0 Å². The Bertz CT molecular complexity index is 923. The van der Waals surface area contributed by atoms with Crippen molar-refractivity contribution in [3.8, 4) is 0 Å². The molecule has 30 heavy (non-hydrogen) atoms. The molecule has 0 radical (unpaired) electrons. The first-order valence-electron chi connectivity index (χ1n) is 9.90. The number of nitrogens with one attached hydrogen (secondary N) is 2. The van der Waals surface area contributed by atoms with Crippen LogP contribution in [0.4, 0.5) is 14.5 Å². The summed E-state index contributed by atoms with van der Waals surface area (Å²) in [6, 6.07) is 10.7. The molecule has 0 bridgehead atoms. The topological polar surface area (TPSA) is 61.4 Å². The molecular formula is C22H24ClF2N3O2. The lowest BCUT2D eigenvalue weighted by molar-refractivity contribution is -0.117. The third-order valence-electron chi connectivity index (χ3n) is 5.68. The van der Waals surface area contributed by atoms with E-state index in [1.165, 1.54) is 6.07 Å². The van der Waals surface area contributed by atoms with Crippen molar-refractivity contribution in [2.24, 2.45) is 0 Å². The first kappa shape index (κ1) is 22.2. The molecule has 2 atom stereocenters. The fourth-order valence-electron chi connectivity index (χ4n) is 4.12. The second kappa shape index (κ2) is 9.53. The minimum absolute atomic E-state index is 0. The van der Waals surface area contributed by atoms with Gasteiger partial charge in [-0.05, 0) is 61.3 Å². The predicted octanol–water partition coefficient (Wildman–Crippen LogP) is 3.39. The molecule has 5 nitrogen and oxygen atoms in total. The first-order valence-corrected chi connectivity index (χ1v) is 9.90. The van der Waals surface area contributed by atoms with Gasteiger partial charge in [0.25, 0.3) is 5.91 Å². The van der Waals surface area contributed by atoms with Crippen molar-refractivity contribution in [2.45, 2.75) is 31.2 Å². The summed E-state index contributed by atoms with van der Waals surface area (Å²) in [7, 11) is 0. The number of halogens is 3. The Labute approximate surface area is 180 Å². The molecule has 2 fully saturated rings. The molecule has 4 rings (SSSR count). The molecule has 2 aromatic carbocycles. The van der Waals surface area contributed by atoms with Gasteiger partial charge in [0.05, 0.1) is 0 Å². The number of carbonyl (C=O) groups is 2. The number of nitrogens with zero attached hydrogens (tertiary/aromatic N) is 1. The Morgan fingerprint density at radius 1 is 1.10 bits per heavy atom. The zero-order valence-corrected chi connectivity index (χ0v) is 17.2. The summed E-state index contributed by atoms with van der Waals surface area (Å²) in [6.45, 7) is 2.00. The van der Waals surface area contributed by atoms with E-state index >= 15 is 0 Å². The Hall–Kier alpha value is -2.51. The van der Waals surface area contributed by atoms with E-state index in [0.29, 0.717) is 37.1 Å². The Balaban J connectivity index is 0.00000256. The molecule has 0 spiro atoms. The van der Waals surface area contributed by atoms with Crippen LogP contribution in [-0.4, -0.2) is 37.5 Å². The van der Waals surface area contributed by atoms with E-state index in [0.717, 1.165) is 24.7 Å². The van der Waals surface area contributed by atoms with Gasteiger partial charge in [-0.1, -0.05) is 6.07 Å². The SMILES string of the molecule is Cl.O=C(NC1CNCCC1c1ccc(F)c(F)c1)c1ccc(N2CCCC2=O)cc1. The number of amides is 2.